The molecule has 0 bridgehead atoms. The van der Waals surface area contributed by atoms with Gasteiger partial charge >= 0.3 is 0 Å². The molecule has 0 saturated carbocycles. The van der Waals surface area contributed by atoms with Gasteiger partial charge in [0, 0.05) is 29.2 Å². The second kappa shape index (κ2) is 8.40. The van der Waals surface area contributed by atoms with E-state index in [2.05, 4.69) is 26.2 Å². The van der Waals surface area contributed by atoms with Gasteiger partial charge in [-0.3, -0.25) is 4.99 Å². The summed E-state index contributed by atoms with van der Waals surface area (Å²) in [6, 6.07) is 5.86. The molecule has 6 heteroatoms. The molecule has 0 aliphatic carbocycles. The highest BCUT2D eigenvalue weighted by molar-refractivity contribution is 9.10. The quantitative estimate of drug-likeness (QED) is 0.613. The average molecular weight is 349 g/mol. The van der Waals surface area contributed by atoms with Gasteiger partial charge in [0.2, 0.25) is 0 Å². The van der Waals surface area contributed by atoms with Gasteiger partial charge in [0.05, 0.1) is 6.61 Å². The lowest BCUT2D eigenvalue weighted by Gasteiger charge is -2.13. The third kappa shape index (κ3) is 6.27. The Morgan fingerprint density at radius 1 is 1.58 bits per heavy atom. The van der Waals surface area contributed by atoms with Gasteiger partial charge in [-0.25, -0.2) is 0 Å². The maximum absolute atomic E-state index is 5.95. The fourth-order valence-corrected chi connectivity index (χ4v) is 2.26. The highest BCUT2D eigenvalue weighted by Gasteiger charge is 2.03. The first-order valence-corrected chi connectivity index (χ1v) is 7.19. The Morgan fingerprint density at radius 2 is 2.32 bits per heavy atom. The lowest BCUT2D eigenvalue weighted by Crippen LogP contribution is -2.40. The van der Waals surface area contributed by atoms with Gasteiger partial charge in [-0.15, -0.1) is 0 Å². The van der Waals surface area contributed by atoms with E-state index >= 15 is 0 Å². The topological polar surface area (TPSA) is 59.6 Å². The molecule has 1 rings (SSSR count). The second-order valence-corrected chi connectivity index (χ2v) is 5.54. The average Bonchev–Trinajstić information content (AvgIpc) is 2.33. The normalized spacial score (nSPS) is 13.4. The number of hydrogen-bond acceptors (Lipinski definition) is 2. The minimum atomic E-state index is 0.145. The van der Waals surface area contributed by atoms with Crippen LogP contribution in [0.15, 0.2) is 27.7 Å². The molecular formula is C13H19BrClN3O. The zero-order chi connectivity index (χ0) is 14.3. The molecule has 19 heavy (non-hydrogen) atoms. The second-order valence-electron chi connectivity index (χ2n) is 4.25. The van der Waals surface area contributed by atoms with Crippen LogP contribution in [0, 0.1) is 0 Å². The number of halogens is 2. The number of hydrogen-bond donors (Lipinski definition) is 2. The van der Waals surface area contributed by atoms with Crippen molar-refractivity contribution in [2.75, 3.05) is 20.3 Å². The number of nitrogens with zero attached hydrogens (tertiary/aromatic N) is 1. The minimum absolute atomic E-state index is 0.145. The predicted molar refractivity (Wildman–Crippen MR) is 83.8 cm³/mol. The van der Waals surface area contributed by atoms with Crippen LogP contribution in [0.4, 0.5) is 0 Å². The summed E-state index contributed by atoms with van der Waals surface area (Å²) in [5.41, 5.74) is 6.90. The van der Waals surface area contributed by atoms with E-state index in [1.54, 1.807) is 7.11 Å². The van der Waals surface area contributed by atoms with E-state index in [1.807, 2.05) is 25.1 Å². The van der Waals surface area contributed by atoms with E-state index in [-0.39, 0.29) is 6.04 Å². The summed E-state index contributed by atoms with van der Waals surface area (Å²) < 4.78 is 6.05. The number of methoxy groups -OCH3 is 1. The van der Waals surface area contributed by atoms with Gasteiger partial charge in [0.25, 0.3) is 0 Å². The van der Waals surface area contributed by atoms with Crippen molar-refractivity contribution in [1.82, 2.24) is 5.32 Å². The zero-order valence-corrected chi connectivity index (χ0v) is 13.5. The van der Waals surface area contributed by atoms with E-state index in [0.29, 0.717) is 19.1 Å². The lowest BCUT2D eigenvalue weighted by atomic mass is 10.1. The Bertz CT molecular complexity index is 440. The predicted octanol–water partition coefficient (Wildman–Crippen LogP) is 2.58. The van der Waals surface area contributed by atoms with Crippen LogP contribution < -0.4 is 11.1 Å². The summed E-state index contributed by atoms with van der Waals surface area (Å²) in [5.74, 6) is 0.433. The van der Waals surface area contributed by atoms with Crippen molar-refractivity contribution < 1.29 is 4.74 Å². The molecular weight excluding hydrogens is 330 g/mol. The zero-order valence-electron chi connectivity index (χ0n) is 11.1. The highest BCUT2D eigenvalue weighted by atomic mass is 79.9. The van der Waals surface area contributed by atoms with Crippen LogP contribution in [0.2, 0.25) is 5.02 Å². The number of nitrogens with one attached hydrogen (secondary N) is 1. The van der Waals surface area contributed by atoms with Crippen molar-refractivity contribution in [1.29, 1.82) is 0 Å². The Morgan fingerprint density at radius 3 is 3.00 bits per heavy atom. The molecule has 0 heterocycles. The molecule has 0 amide bonds. The van der Waals surface area contributed by atoms with Crippen molar-refractivity contribution in [3.05, 3.63) is 33.3 Å². The fraction of sp³-hybridized carbons (Fsp3) is 0.462. The van der Waals surface area contributed by atoms with Gasteiger partial charge in [-0.1, -0.05) is 27.5 Å². The number of aliphatic imine (C=N–C) groups is 1. The standard InChI is InChI=1S/C13H19BrClN3O/c1-9(8-19-2)18-13(16)17-6-5-10-7-11(15)3-4-12(10)14/h3-4,7,9H,5-6,8H2,1-2H3,(H3,16,17,18). The lowest BCUT2D eigenvalue weighted by molar-refractivity contribution is 0.179. The third-order valence-corrected chi connectivity index (χ3v) is 3.49. The first-order valence-electron chi connectivity index (χ1n) is 6.02. The molecule has 0 radical (unpaired) electrons. The Hall–Kier alpha value is -0.780. The van der Waals surface area contributed by atoms with Gasteiger partial charge in [0.1, 0.15) is 0 Å². The third-order valence-electron chi connectivity index (χ3n) is 2.48. The minimum Gasteiger partial charge on any atom is -0.383 e. The fourth-order valence-electron chi connectivity index (χ4n) is 1.62. The Balaban J connectivity index is 2.46. The van der Waals surface area contributed by atoms with Crippen molar-refractivity contribution in [3.8, 4) is 0 Å². The Labute approximate surface area is 127 Å². The van der Waals surface area contributed by atoms with Crippen LogP contribution >= 0.6 is 27.5 Å². The molecule has 4 nitrogen and oxygen atoms in total. The molecule has 0 saturated heterocycles. The van der Waals surface area contributed by atoms with Crippen molar-refractivity contribution in [2.45, 2.75) is 19.4 Å². The van der Waals surface area contributed by atoms with Crippen LogP contribution in [0.5, 0.6) is 0 Å². The maximum atomic E-state index is 5.95. The number of nitrogens with two attached hydrogens (primary N) is 1. The number of rotatable bonds is 6. The smallest absolute Gasteiger partial charge is 0.188 e. The molecule has 1 atom stereocenters. The molecule has 0 aliphatic heterocycles. The van der Waals surface area contributed by atoms with Crippen LogP contribution in [0.3, 0.4) is 0 Å². The molecule has 1 unspecified atom stereocenters. The summed E-state index contributed by atoms with van der Waals surface area (Å²) in [6.07, 6.45) is 0.780. The van der Waals surface area contributed by atoms with E-state index in [9.17, 15) is 0 Å². The van der Waals surface area contributed by atoms with Crippen LogP contribution in [0.1, 0.15) is 12.5 Å². The summed E-state index contributed by atoms with van der Waals surface area (Å²) in [6.45, 7) is 3.19. The SMILES string of the molecule is COCC(C)NC(N)=NCCc1cc(Cl)ccc1Br. The van der Waals surface area contributed by atoms with Crippen LogP contribution in [0.25, 0.3) is 0 Å². The summed E-state index contributed by atoms with van der Waals surface area (Å²) >= 11 is 9.44. The molecule has 3 N–H and O–H groups in total. The van der Waals surface area contributed by atoms with Crippen molar-refractivity contribution in [2.24, 2.45) is 10.7 Å². The van der Waals surface area contributed by atoms with Crippen LogP contribution in [-0.2, 0) is 11.2 Å². The number of ether oxygens (including phenoxy) is 1. The molecule has 1 aromatic rings. The monoisotopic (exact) mass is 347 g/mol. The molecule has 0 aromatic heterocycles. The molecule has 1 aromatic carbocycles. The number of benzene rings is 1. The van der Waals surface area contributed by atoms with E-state index in [0.717, 1.165) is 21.5 Å². The molecule has 0 aliphatic rings. The molecule has 0 fully saturated rings. The van der Waals surface area contributed by atoms with Gasteiger partial charge < -0.3 is 15.8 Å². The van der Waals surface area contributed by atoms with Gasteiger partial charge in [-0.05, 0) is 37.1 Å². The number of guanidine groups is 1. The van der Waals surface area contributed by atoms with Crippen molar-refractivity contribution >= 4 is 33.5 Å². The largest absolute Gasteiger partial charge is 0.383 e. The molecule has 0 spiro atoms. The van der Waals surface area contributed by atoms with Gasteiger partial charge in [0.15, 0.2) is 5.96 Å². The summed E-state index contributed by atoms with van der Waals surface area (Å²) in [5, 5.41) is 3.78. The Kier molecular flexibility index (Phi) is 7.20. The van der Waals surface area contributed by atoms with E-state index in [4.69, 9.17) is 22.1 Å². The van der Waals surface area contributed by atoms with E-state index < -0.39 is 0 Å². The van der Waals surface area contributed by atoms with Gasteiger partial charge in [-0.2, -0.15) is 0 Å². The maximum Gasteiger partial charge on any atom is 0.188 e. The summed E-state index contributed by atoms with van der Waals surface area (Å²) in [4.78, 5) is 4.28. The molecule has 106 valence electrons. The first-order chi connectivity index (χ1) is 9.02. The van der Waals surface area contributed by atoms with E-state index in [1.165, 1.54) is 0 Å². The van der Waals surface area contributed by atoms with Crippen molar-refractivity contribution in [3.63, 3.8) is 0 Å². The first kappa shape index (κ1) is 16.3. The van der Waals surface area contributed by atoms with Crippen LogP contribution in [-0.4, -0.2) is 32.3 Å². The highest BCUT2D eigenvalue weighted by Crippen LogP contribution is 2.21. The summed E-state index contributed by atoms with van der Waals surface area (Å²) in [7, 11) is 1.65.